The average Bonchev–Trinajstić information content (AvgIpc) is 2.40. The van der Waals surface area contributed by atoms with Gasteiger partial charge in [0.25, 0.3) is 11.6 Å². The number of hydrogen-bond acceptors (Lipinski definition) is 3. The number of carbonyl (C=O) groups excluding carboxylic acids is 1. The van der Waals surface area contributed by atoms with Crippen LogP contribution >= 0.6 is 27.5 Å². The van der Waals surface area contributed by atoms with Crippen LogP contribution in [0.3, 0.4) is 0 Å². The van der Waals surface area contributed by atoms with Crippen molar-refractivity contribution in [1.29, 1.82) is 0 Å². The van der Waals surface area contributed by atoms with Crippen LogP contribution in [0.15, 0.2) is 40.9 Å². The van der Waals surface area contributed by atoms with Gasteiger partial charge in [-0.1, -0.05) is 27.5 Å². The zero-order valence-corrected chi connectivity index (χ0v) is 12.6. The number of rotatable bonds is 3. The first-order valence-corrected chi connectivity index (χ1v) is 6.76. The van der Waals surface area contributed by atoms with Crippen molar-refractivity contribution in [1.82, 2.24) is 0 Å². The van der Waals surface area contributed by atoms with Gasteiger partial charge in [0.15, 0.2) is 0 Å². The monoisotopic (exact) mass is 372 g/mol. The van der Waals surface area contributed by atoms with Crippen molar-refractivity contribution in [3.05, 3.63) is 67.4 Å². The smallest absolute Gasteiger partial charge is 0.271 e. The maximum Gasteiger partial charge on any atom is 0.271 e. The number of nitrogens with one attached hydrogen (secondary N) is 1. The van der Waals surface area contributed by atoms with Crippen molar-refractivity contribution in [2.45, 2.75) is 0 Å². The molecule has 0 atom stereocenters. The molecule has 0 bridgehead atoms. The predicted octanol–water partition coefficient (Wildman–Crippen LogP) is 4.40. The van der Waals surface area contributed by atoms with Crippen molar-refractivity contribution in [3.8, 4) is 0 Å². The molecular weight excluding hydrogens is 367 g/mol. The molecule has 0 heterocycles. The molecule has 5 nitrogen and oxygen atoms in total. The predicted molar refractivity (Wildman–Crippen MR) is 80.2 cm³/mol. The molecule has 0 spiro atoms. The van der Waals surface area contributed by atoms with E-state index in [1.54, 1.807) is 0 Å². The molecule has 0 aromatic heterocycles. The summed E-state index contributed by atoms with van der Waals surface area (Å²) in [6.07, 6.45) is 0. The minimum atomic E-state index is -0.748. The number of anilines is 1. The Bertz CT molecular complexity index is 739. The van der Waals surface area contributed by atoms with E-state index in [2.05, 4.69) is 21.2 Å². The molecule has 2 aromatic rings. The summed E-state index contributed by atoms with van der Waals surface area (Å²) in [5.41, 5.74) is -0.384. The van der Waals surface area contributed by atoms with Crippen LogP contribution in [0.1, 0.15) is 10.4 Å². The number of non-ortho nitro benzene ring substituents is 1. The van der Waals surface area contributed by atoms with Crippen LogP contribution in [-0.2, 0) is 0 Å². The first-order valence-electron chi connectivity index (χ1n) is 5.59. The SMILES string of the molecule is O=C(Nc1cc([N+](=O)[O-])ccc1Cl)c1ccc(Br)cc1F. The summed E-state index contributed by atoms with van der Waals surface area (Å²) in [5.74, 6) is -1.47. The molecule has 0 radical (unpaired) electrons. The fourth-order valence-corrected chi connectivity index (χ4v) is 2.08. The topological polar surface area (TPSA) is 72.2 Å². The molecule has 1 N–H and O–H groups in total. The molecule has 2 aromatic carbocycles. The van der Waals surface area contributed by atoms with Crippen molar-refractivity contribution in [3.63, 3.8) is 0 Å². The van der Waals surface area contributed by atoms with Crippen molar-refractivity contribution >= 4 is 44.8 Å². The Morgan fingerprint density at radius 2 is 2.00 bits per heavy atom. The highest BCUT2D eigenvalue weighted by Crippen LogP contribution is 2.27. The Balaban J connectivity index is 2.31. The molecule has 0 unspecified atom stereocenters. The number of carbonyl (C=O) groups is 1. The molecule has 108 valence electrons. The number of nitro benzene ring substituents is 1. The van der Waals surface area contributed by atoms with Crippen molar-refractivity contribution in [2.24, 2.45) is 0 Å². The van der Waals surface area contributed by atoms with Gasteiger partial charge in [-0.3, -0.25) is 14.9 Å². The van der Waals surface area contributed by atoms with Crippen LogP contribution < -0.4 is 5.32 Å². The Labute approximate surface area is 132 Å². The molecule has 1 amide bonds. The average molecular weight is 374 g/mol. The number of nitrogens with zero attached hydrogens (tertiary/aromatic N) is 1. The van der Waals surface area contributed by atoms with Crippen LogP contribution in [0.2, 0.25) is 5.02 Å². The third-order valence-corrected chi connectivity index (χ3v) is 3.41. The van der Waals surface area contributed by atoms with Crippen LogP contribution in [-0.4, -0.2) is 10.8 Å². The van der Waals surface area contributed by atoms with Gasteiger partial charge in [-0.25, -0.2) is 4.39 Å². The highest BCUT2D eigenvalue weighted by molar-refractivity contribution is 9.10. The second kappa shape index (κ2) is 6.19. The second-order valence-corrected chi connectivity index (χ2v) is 5.32. The molecule has 8 heteroatoms. The molecule has 0 saturated heterocycles. The Morgan fingerprint density at radius 3 is 2.62 bits per heavy atom. The number of nitro groups is 1. The third kappa shape index (κ3) is 3.56. The molecule has 21 heavy (non-hydrogen) atoms. The summed E-state index contributed by atoms with van der Waals surface area (Å²) < 4.78 is 14.2. The number of hydrogen-bond donors (Lipinski definition) is 1. The van der Waals surface area contributed by atoms with Gasteiger partial charge in [-0.15, -0.1) is 0 Å². The number of amides is 1. The lowest BCUT2D eigenvalue weighted by atomic mass is 10.2. The van der Waals surface area contributed by atoms with Gasteiger partial charge >= 0.3 is 0 Å². The number of benzene rings is 2. The van der Waals surface area contributed by atoms with E-state index in [0.717, 1.165) is 12.1 Å². The standard InChI is InChI=1S/C13H7BrClFN2O3/c14-7-1-3-9(11(16)5-7)13(19)17-12-6-8(18(20)21)2-4-10(12)15/h1-6H,(H,17,19). The highest BCUT2D eigenvalue weighted by atomic mass is 79.9. The van der Waals surface area contributed by atoms with Crippen LogP contribution in [0.25, 0.3) is 0 Å². The zero-order chi connectivity index (χ0) is 15.6. The van der Waals surface area contributed by atoms with Crippen molar-refractivity contribution in [2.75, 3.05) is 5.32 Å². The van der Waals surface area contributed by atoms with Gasteiger partial charge in [0, 0.05) is 16.6 Å². The highest BCUT2D eigenvalue weighted by Gasteiger charge is 2.16. The van der Waals surface area contributed by atoms with Gasteiger partial charge < -0.3 is 5.32 Å². The van der Waals surface area contributed by atoms with E-state index in [0.29, 0.717) is 4.47 Å². The lowest BCUT2D eigenvalue weighted by Crippen LogP contribution is -2.14. The Hall–Kier alpha value is -1.99. The third-order valence-electron chi connectivity index (χ3n) is 2.58. The minimum absolute atomic E-state index is 0.0400. The maximum absolute atomic E-state index is 13.7. The molecule has 0 saturated carbocycles. The molecule has 0 fully saturated rings. The Morgan fingerprint density at radius 1 is 1.29 bits per heavy atom. The van der Waals surface area contributed by atoms with Crippen LogP contribution in [0.5, 0.6) is 0 Å². The van der Waals surface area contributed by atoms with Gasteiger partial charge in [0.1, 0.15) is 5.82 Å². The van der Waals surface area contributed by atoms with E-state index >= 15 is 0 Å². The molecule has 0 aliphatic heterocycles. The van der Waals surface area contributed by atoms with E-state index in [-0.39, 0.29) is 22.0 Å². The summed E-state index contributed by atoms with van der Waals surface area (Å²) >= 11 is 8.94. The summed E-state index contributed by atoms with van der Waals surface area (Å²) in [4.78, 5) is 22.1. The summed E-state index contributed by atoms with van der Waals surface area (Å²) in [5, 5.41) is 13.2. The second-order valence-electron chi connectivity index (χ2n) is 4.00. The molecular formula is C13H7BrClFN2O3. The van der Waals surface area contributed by atoms with Gasteiger partial charge in [-0.05, 0) is 24.3 Å². The van der Waals surface area contributed by atoms with Gasteiger partial charge in [0.05, 0.1) is 21.2 Å². The van der Waals surface area contributed by atoms with Crippen LogP contribution in [0, 0.1) is 15.9 Å². The van der Waals surface area contributed by atoms with E-state index in [9.17, 15) is 19.3 Å². The summed E-state index contributed by atoms with van der Waals surface area (Å²) in [7, 11) is 0. The van der Waals surface area contributed by atoms with E-state index < -0.39 is 16.6 Å². The number of halogens is 3. The zero-order valence-electron chi connectivity index (χ0n) is 10.3. The fourth-order valence-electron chi connectivity index (χ4n) is 1.59. The first kappa shape index (κ1) is 15.4. The lowest BCUT2D eigenvalue weighted by Gasteiger charge is -2.08. The maximum atomic E-state index is 13.7. The van der Waals surface area contributed by atoms with Gasteiger partial charge in [0.2, 0.25) is 0 Å². The fraction of sp³-hybridized carbons (Fsp3) is 0. The summed E-state index contributed by atoms with van der Waals surface area (Å²) in [6.45, 7) is 0. The van der Waals surface area contributed by atoms with E-state index in [1.165, 1.54) is 24.3 Å². The normalized spacial score (nSPS) is 10.2. The molecule has 0 aliphatic carbocycles. The van der Waals surface area contributed by atoms with Crippen molar-refractivity contribution < 1.29 is 14.1 Å². The Kier molecular flexibility index (Phi) is 4.54. The first-order chi connectivity index (χ1) is 9.88. The quantitative estimate of drug-likeness (QED) is 0.640. The van der Waals surface area contributed by atoms with Crippen LogP contribution in [0.4, 0.5) is 15.8 Å². The largest absolute Gasteiger partial charge is 0.320 e. The van der Waals surface area contributed by atoms with Gasteiger partial charge in [-0.2, -0.15) is 0 Å². The van der Waals surface area contributed by atoms with E-state index in [4.69, 9.17) is 11.6 Å². The molecule has 0 aliphatic rings. The van der Waals surface area contributed by atoms with E-state index in [1.807, 2.05) is 0 Å². The summed E-state index contributed by atoms with van der Waals surface area (Å²) in [6, 6.07) is 7.54. The minimum Gasteiger partial charge on any atom is -0.320 e. The molecule has 2 rings (SSSR count). The lowest BCUT2D eigenvalue weighted by molar-refractivity contribution is -0.384.